The minimum Gasteiger partial charge on any atom is -0.252 e. The molecule has 2 nitrogen and oxygen atoms in total. The van der Waals surface area contributed by atoms with Crippen molar-refractivity contribution >= 4 is 11.0 Å². The molecule has 2 N–H and O–H groups in total. The van der Waals surface area contributed by atoms with E-state index in [2.05, 4.69) is 0 Å². The molecule has 0 amide bonds. The van der Waals surface area contributed by atoms with E-state index in [0.29, 0.717) is 12.8 Å². The highest BCUT2D eigenvalue weighted by atomic mass is 32.2. The van der Waals surface area contributed by atoms with Crippen LogP contribution in [0.1, 0.15) is 19.3 Å². The summed E-state index contributed by atoms with van der Waals surface area (Å²) in [6.45, 7) is 0. The molecule has 1 rings (SSSR count). The lowest BCUT2D eigenvalue weighted by Crippen LogP contribution is -2.42. The second kappa shape index (κ2) is 3.15. The van der Waals surface area contributed by atoms with Crippen molar-refractivity contribution < 1.29 is 13.0 Å². The number of hydrogen-bond donors (Lipinski definition) is 1. The smallest absolute Gasteiger partial charge is 0.245 e. The van der Waals surface area contributed by atoms with Crippen LogP contribution in [0.3, 0.4) is 0 Å². The molecule has 0 radical (unpaired) electrons. The van der Waals surface area contributed by atoms with Crippen LogP contribution in [0.25, 0.3) is 0 Å². The third kappa shape index (κ3) is 1.76. The fourth-order valence-electron chi connectivity index (χ4n) is 1.34. The number of nitrogens with two attached hydrogens (primary N) is 1. The molecule has 0 aromatic heterocycles. The van der Waals surface area contributed by atoms with Crippen molar-refractivity contribution in [3.8, 4) is 0 Å². The maximum Gasteiger partial charge on any atom is 0.245 e. The molecule has 5 heteroatoms. The van der Waals surface area contributed by atoms with Gasteiger partial charge in [0.25, 0.3) is 0 Å². The summed E-state index contributed by atoms with van der Waals surface area (Å²) in [7, 11) is -1.58. The molecule has 0 bridgehead atoms. The lowest BCUT2D eigenvalue weighted by Gasteiger charge is -2.40. The molecule has 0 spiro atoms. The molecule has 0 aromatic carbocycles. The SMILES string of the molecule is NS(=O)CC1(C(F)F)CCC1. The van der Waals surface area contributed by atoms with Crippen LogP contribution >= 0.6 is 0 Å². The summed E-state index contributed by atoms with van der Waals surface area (Å²) in [5.74, 6) is -0.0509. The van der Waals surface area contributed by atoms with Gasteiger partial charge < -0.3 is 0 Å². The highest BCUT2D eigenvalue weighted by Crippen LogP contribution is 2.46. The Morgan fingerprint density at radius 3 is 2.18 bits per heavy atom. The van der Waals surface area contributed by atoms with Crippen molar-refractivity contribution in [2.24, 2.45) is 10.6 Å². The summed E-state index contributed by atoms with van der Waals surface area (Å²) in [5, 5.41) is 4.96. The van der Waals surface area contributed by atoms with E-state index in [4.69, 9.17) is 5.14 Å². The lowest BCUT2D eigenvalue weighted by molar-refractivity contribution is -0.0427. The zero-order valence-corrected chi connectivity index (χ0v) is 6.87. The largest absolute Gasteiger partial charge is 0.252 e. The second-order valence-electron chi connectivity index (χ2n) is 3.04. The van der Waals surface area contributed by atoms with Gasteiger partial charge in [-0.1, -0.05) is 6.42 Å². The zero-order chi connectivity index (χ0) is 8.48. The molecule has 1 atom stereocenters. The third-order valence-corrected chi connectivity index (χ3v) is 3.10. The molecule has 1 aliphatic carbocycles. The van der Waals surface area contributed by atoms with Gasteiger partial charge in [0.1, 0.15) is 0 Å². The van der Waals surface area contributed by atoms with Crippen molar-refractivity contribution in [2.45, 2.75) is 25.7 Å². The lowest BCUT2D eigenvalue weighted by atomic mass is 9.70. The number of rotatable bonds is 3. The van der Waals surface area contributed by atoms with Gasteiger partial charge in [0, 0.05) is 11.2 Å². The van der Waals surface area contributed by atoms with Crippen LogP contribution in [0.4, 0.5) is 8.78 Å². The van der Waals surface area contributed by atoms with E-state index >= 15 is 0 Å². The standard InChI is InChI=1S/C6H11F2NOS/c7-5(8)6(2-1-3-6)4-11(9)10/h5H,1-4,9H2. The van der Waals surface area contributed by atoms with Crippen LogP contribution in [0.15, 0.2) is 0 Å². The second-order valence-corrected chi connectivity index (χ2v) is 4.09. The average molecular weight is 183 g/mol. The minimum atomic E-state index is -2.37. The molecular weight excluding hydrogens is 172 g/mol. The summed E-state index contributed by atoms with van der Waals surface area (Å²) in [6, 6.07) is 0. The van der Waals surface area contributed by atoms with Gasteiger partial charge >= 0.3 is 0 Å². The van der Waals surface area contributed by atoms with Gasteiger partial charge in [-0.05, 0) is 12.8 Å². The van der Waals surface area contributed by atoms with E-state index in [1.165, 1.54) is 0 Å². The zero-order valence-electron chi connectivity index (χ0n) is 6.06. The first-order valence-corrected chi connectivity index (χ1v) is 4.86. The first-order valence-electron chi connectivity index (χ1n) is 3.48. The van der Waals surface area contributed by atoms with Crippen molar-refractivity contribution in [2.75, 3.05) is 5.75 Å². The normalized spacial score (nSPS) is 24.7. The monoisotopic (exact) mass is 183 g/mol. The van der Waals surface area contributed by atoms with Gasteiger partial charge in [0.2, 0.25) is 6.43 Å². The van der Waals surface area contributed by atoms with E-state index in [1.807, 2.05) is 0 Å². The predicted molar refractivity (Wildman–Crippen MR) is 39.5 cm³/mol. The molecular formula is C6H11F2NOS. The maximum absolute atomic E-state index is 12.3. The van der Waals surface area contributed by atoms with Gasteiger partial charge in [0.05, 0.1) is 11.0 Å². The van der Waals surface area contributed by atoms with Crippen LogP contribution in [-0.4, -0.2) is 16.4 Å². The summed E-state index contributed by atoms with van der Waals surface area (Å²) in [5.41, 5.74) is -1.01. The van der Waals surface area contributed by atoms with E-state index in [9.17, 15) is 13.0 Å². The van der Waals surface area contributed by atoms with Crippen LogP contribution < -0.4 is 5.14 Å². The van der Waals surface area contributed by atoms with E-state index in [-0.39, 0.29) is 5.75 Å². The summed E-state index contributed by atoms with van der Waals surface area (Å²) in [6.07, 6.45) is -0.633. The van der Waals surface area contributed by atoms with E-state index in [1.54, 1.807) is 0 Å². The van der Waals surface area contributed by atoms with Crippen LogP contribution in [0, 0.1) is 5.41 Å². The molecule has 1 aliphatic rings. The predicted octanol–water partition coefficient (Wildman–Crippen LogP) is 1.04. The Hall–Kier alpha value is -0.0300. The van der Waals surface area contributed by atoms with E-state index in [0.717, 1.165) is 6.42 Å². The molecule has 66 valence electrons. The molecule has 11 heavy (non-hydrogen) atoms. The van der Waals surface area contributed by atoms with Gasteiger partial charge in [-0.2, -0.15) is 0 Å². The maximum atomic E-state index is 12.3. The average Bonchev–Trinajstić information content (AvgIpc) is 1.77. The highest BCUT2D eigenvalue weighted by Gasteiger charge is 2.46. The number of alkyl halides is 2. The van der Waals surface area contributed by atoms with Crippen molar-refractivity contribution in [1.82, 2.24) is 0 Å². The molecule has 1 unspecified atom stereocenters. The highest BCUT2D eigenvalue weighted by molar-refractivity contribution is 7.82. The Morgan fingerprint density at radius 2 is 2.09 bits per heavy atom. The van der Waals surface area contributed by atoms with Crippen molar-refractivity contribution in [3.05, 3.63) is 0 Å². The molecule has 0 aliphatic heterocycles. The van der Waals surface area contributed by atoms with Crippen LogP contribution in [-0.2, 0) is 11.0 Å². The van der Waals surface area contributed by atoms with Gasteiger partial charge in [-0.25, -0.2) is 13.0 Å². The van der Waals surface area contributed by atoms with Crippen LogP contribution in [0.5, 0.6) is 0 Å². The summed E-state index contributed by atoms with van der Waals surface area (Å²) < 4.78 is 35.1. The first-order chi connectivity index (χ1) is 5.07. The topological polar surface area (TPSA) is 43.1 Å². The van der Waals surface area contributed by atoms with Gasteiger partial charge in [-0.3, -0.25) is 5.14 Å². The fraction of sp³-hybridized carbons (Fsp3) is 1.00. The quantitative estimate of drug-likeness (QED) is 0.698. The Labute approximate surface area is 66.7 Å². The Kier molecular flexibility index (Phi) is 2.59. The Balaban J connectivity index is 2.53. The minimum absolute atomic E-state index is 0.0509. The van der Waals surface area contributed by atoms with Crippen molar-refractivity contribution in [3.63, 3.8) is 0 Å². The Morgan fingerprint density at radius 1 is 1.55 bits per heavy atom. The fourth-order valence-corrected chi connectivity index (χ4v) is 2.32. The molecule has 0 saturated heterocycles. The summed E-state index contributed by atoms with van der Waals surface area (Å²) in [4.78, 5) is 0. The number of hydrogen-bond acceptors (Lipinski definition) is 1. The van der Waals surface area contributed by atoms with Gasteiger partial charge in [0.15, 0.2) is 0 Å². The molecule has 1 fully saturated rings. The molecule has 1 saturated carbocycles. The summed E-state index contributed by atoms with van der Waals surface area (Å²) >= 11 is 0. The van der Waals surface area contributed by atoms with Crippen LogP contribution in [0.2, 0.25) is 0 Å². The molecule has 0 aromatic rings. The van der Waals surface area contributed by atoms with Crippen molar-refractivity contribution in [1.29, 1.82) is 0 Å². The van der Waals surface area contributed by atoms with E-state index < -0.39 is 22.8 Å². The van der Waals surface area contributed by atoms with Gasteiger partial charge in [-0.15, -0.1) is 0 Å². The molecule has 0 heterocycles. The Bertz CT molecular complexity index is 170. The third-order valence-electron chi connectivity index (χ3n) is 2.24. The first kappa shape index (κ1) is 9.06. The number of halogens is 2.